The molecule has 0 amide bonds. The quantitative estimate of drug-likeness (QED) is 0.502. The van der Waals surface area contributed by atoms with Gasteiger partial charge >= 0.3 is 5.97 Å². The number of hydrogen-bond acceptors (Lipinski definition) is 5. The maximum atomic E-state index is 10.9. The molecule has 0 fully saturated rings. The first-order valence-corrected chi connectivity index (χ1v) is 6.16. The molecule has 0 aromatic heterocycles. The van der Waals surface area contributed by atoms with Crippen LogP contribution in [0.2, 0.25) is 0 Å². The third-order valence-corrected chi connectivity index (χ3v) is 3.01. The number of hydrogen-bond donors (Lipinski definition) is 1. The maximum absolute atomic E-state index is 10.9. The molecule has 0 aromatic carbocycles. The Morgan fingerprint density at radius 2 is 2.27 bits per heavy atom. The van der Waals surface area contributed by atoms with Gasteiger partial charge in [0, 0.05) is 6.42 Å². The lowest BCUT2D eigenvalue weighted by atomic mass is 10.2. The summed E-state index contributed by atoms with van der Waals surface area (Å²) >= 11 is 1.76. The maximum Gasteiger partial charge on any atom is 0.322 e. The van der Waals surface area contributed by atoms with Gasteiger partial charge in [0.25, 0.3) is 0 Å². The van der Waals surface area contributed by atoms with E-state index in [0.717, 1.165) is 24.3 Å². The van der Waals surface area contributed by atoms with Gasteiger partial charge in [0.15, 0.2) is 0 Å². The molecule has 5 heteroatoms. The predicted molar refractivity (Wildman–Crippen MR) is 61.4 cm³/mol. The van der Waals surface area contributed by atoms with E-state index in [2.05, 4.69) is 10.8 Å². The number of nitriles is 1. The summed E-state index contributed by atoms with van der Waals surface area (Å²) in [5.74, 6) is 1.54. The molecule has 86 valence electrons. The third-order valence-electron chi connectivity index (χ3n) is 1.90. The zero-order valence-electron chi connectivity index (χ0n) is 9.07. The van der Waals surface area contributed by atoms with Crippen LogP contribution in [0.3, 0.4) is 0 Å². The third kappa shape index (κ3) is 8.28. The highest BCUT2D eigenvalue weighted by Gasteiger charge is 2.12. The SMILES string of the molecule is COC(=O)C(N)CCSCCCCC#N. The van der Waals surface area contributed by atoms with E-state index in [0.29, 0.717) is 12.8 Å². The predicted octanol–water partition coefficient (Wildman–Crippen LogP) is 1.30. The Morgan fingerprint density at radius 1 is 1.53 bits per heavy atom. The summed E-state index contributed by atoms with van der Waals surface area (Å²) in [6.45, 7) is 0. The normalized spacial score (nSPS) is 11.8. The Bertz CT molecular complexity index is 216. The van der Waals surface area contributed by atoms with E-state index in [1.165, 1.54) is 7.11 Å². The minimum atomic E-state index is -0.499. The van der Waals surface area contributed by atoms with Crippen molar-refractivity contribution in [2.45, 2.75) is 31.7 Å². The van der Waals surface area contributed by atoms with Gasteiger partial charge in [0.05, 0.1) is 13.2 Å². The van der Waals surface area contributed by atoms with Gasteiger partial charge in [0.1, 0.15) is 6.04 Å². The average Bonchev–Trinajstić information content (AvgIpc) is 2.26. The van der Waals surface area contributed by atoms with Crippen LogP contribution >= 0.6 is 11.8 Å². The summed E-state index contributed by atoms with van der Waals surface area (Å²) in [5.41, 5.74) is 5.56. The minimum absolute atomic E-state index is 0.347. The van der Waals surface area contributed by atoms with Crippen LogP contribution in [0.15, 0.2) is 0 Å². The fourth-order valence-electron chi connectivity index (χ4n) is 0.990. The van der Waals surface area contributed by atoms with Gasteiger partial charge in [-0.05, 0) is 30.8 Å². The molecule has 1 atom stereocenters. The highest BCUT2D eigenvalue weighted by Crippen LogP contribution is 2.08. The summed E-state index contributed by atoms with van der Waals surface area (Å²) in [6.07, 6.45) is 3.27. The van der Waals surface area contributed by atoms with E-state index in [-0.39, 0.29) is 5.97 Å². The molecule has 1 unspecified atom stereocenters. The van der Waals surface area contributed by atoms with Crippen LogP contribution in [-0.4, -0.2) is 30.6 Å². The Hall–Kier alpha value is -0.730. The molecule has 0 saturated carbocycles. The minimum Gasteiger partial charge on any atom is -0.468 e. The molecule has 0 aliphatic heterocycles. The summed E-state index contributed by atoms with van der Waals surface area (Å²) in [7, 11) is 1.34. The van der Waals surface area contributed by atoms with E-state index in [1.54, 1.807) is 11.8 Å². The lowest BCUT2D eigenvalue weighted by Gasteiger charge is -2.08. The van der Waals surface area contributed by atoms with Gasteiger partial charge in [-0.25, -0.2) is 0 Å². The van der Waals surface area contributed by atoms with Gasteiger partial charge < -0.3 is 10.5 Å². The molecule has 0 bridgehead atoms. The molecule has 2 N–H and O–H groups in total. The number of methoxy groups -OCH3 is 1. The number of nitrogens with two attached hydrogens (primary N) is 1. The Labute approximate surface area is 95.2 Å². The molecule has 0 rings (SSSR count). The Kier molecular flexibility index (Phi) is 9.33. The standard InChI is InChI=1S/C10H18N2O2S/c1-14-10(13)9(12)5-8-15-7-4-2-3-6-11/h9H,2-5,7-8,12H2,1H3. The summed E-state index contributed by atoms with van der Waals surface area (Å²) < 4.78 is 4.51. The fraction of sp³-hybridized carbons (Fsp3) is 0.800. The van der Waals surface area contributed by atoms with E-state index >= 15 is 0 Å². The van der Waals surface area contributed by atoms with Crippen LogP contribution < -0.4 is 5.73 Å². The van der Waals surface area contributed by atoms with Gasteiger partial charge in [-0.1, -0.05) is 0 Å². The fourth-order valence-corrected chi connectivity index (χ4v) is 2.02. The van der Waals surface area contributed by atoms with Crippen molar-refractivity contribution < 1.29 is 9.53 Å². The lowest BCUT2D eigenvalue weighted by Crippen LogP contribution is -2.32. The monoisotopic (exact) mass is 230 g/mol. The van der Waals surface area contributed by atoms with Crippen LogP contribution in [0.1, 0.15) is 25.7 Å². The molecule has 0 aliphatic rings. The highest BCUT2D eigenvalue weighted by atomic mass is 32.2. The average molecular weight is 230 g/mol. The van der Waals surface area contributed by atoms with E-state index in [1.807, 2.05) is 0 Å². The first-order valence-electron chi connectivity index (χ1n) is 5.00. The van der Waals surface area contributed by atoms with Crippen molar-refractivity contribution in [3.8, 4) is 6.07 Å². The zero-order valence-corrected chi connectivity index (χ0v) is 9.89. The summed E-state index contributed by atoms with van der Waals surface area (Å²) in [4.78, 5) is 10.9. The molecule has 0 heterocycles. The number of carbonyl (C=O) groups excluding carboxylic acids is 1. The molecule has 0 saturated heterocycles. The number of carbonyl (C=O) groups is 1. The van der Waals surface area contributed by atoms with Crippen molar-refractivity contribution in [1.82, 2.24) is 0 Å². The van der Waals surface area contributed by atoms with Gasteiger partial charge in [-0.3, -0.25) is 4.79 Å². The molecule has 15 heavy (non-hydrogen) atoms. The highest BCUT2D eigenvalue weighted by molar-refractivity contribution is 7.99. The zero-order chi connectivity index (χ0) is 11.5. The van der Waals surface area contributed by atoms with Crippen molar-refractivity contribution in [2.75, 3.05) is 18.6 Å². The first kappa shape index (κ1) is 14.3. The molecular weight excluding hydrogens is 212 g/mol. The molecular formula is C10H18N2O2S. The van der Waals surface area contributed by atoms with Gasteiger partial charge in [-0.15, -0.1) is 0 Å². The van der Waals surface area contributed by atoms with Crippen LogP contribution in [0.5, 0.6) is 0 Å². The van der Waals surface area contributed by atoms with Crippen molar-refractivity contribution >= 4 is 17.7 Å². The number of unbranched alkanes of at least 4 members (excludes halogenated alkanes) is 2. The first-order chi connectivity index (χ1) is 7.22. The second kappa shape index (κ2) is 9.81. The van der Waals surface area contributed by atoms with Crippen LogP contribution in [-0.2, 0) is 9.53 Å². The van der Waals surface area contributed by atoms with Crippen LogP contribution in [0, 0.1) is 11.3 Å². The van der Waals surface area contributed by atoms with Crippen molar-refractivity contribution in [3.05, 3.63) is 0 Å². The van der Waals surface area contributed by atoms with E-state index in [9.17, 15) is 4.79 Å². The number of ether oxygens (including phenoxy) is 1. The van der Waals surface area contributed by atoms with Gasteiger partial charge in [0.2, 0.25) is 0 Å². The largest absolute Gasteiger partial charge is 0.468 e. The smallest absolute Gasteiger partial charge is 0.322 e. The summed E-state index contributed by atoms with van der Waals surface area (Å²) in [6, 6.07) is 1.61. The molecule has 0 aliphatic carbocycles. The number of rotatable bonds is 8. The number of thioether (sulfide) groups is 1. The van der Waals surface area contributed by atoms with Crippen molar-refractivity contribution in [3.63, 3.8) is 0 Å². The van der Waals surface area contributed by atoms with Gasteiger partial charge in [-0.2, -0.15) is 17.0 Å². The lowest BCUT2D eigenvalue weighted by molar-refractivity contribution is -0.142. The second-order valence-electron chi connectivity index (χ2n) is 3.15. The number of esters is 1. The molecule has 0 aromatic rings. The van der Waals surface area contributed by atoms with Crippen molar-refractivity contribution in [2.24, 2.45) is 5.73 Å². The molecule has 0 spiro atoms. The second-order valence-corrected chi connectivity index (χ2v) is 4.37. The topological polar surface area (TPSA) is 76.1 Å². The number of nitrogens with zero attached hydrogens (tertiary/aromatic N) is 1. The Morgan fingerprint density at radius 3 is 2.87 bits per heavy atom. The molecule has 0 radical (unpaired) electrons. The molecule has 4 nitrogen and oxygen atoms in total. The van der Waals surface area contributed by atoms with Crippen LogP contribution in [0.25, 0.3) is 0 Å². The summed E-state index contributed by atoms with van der Waals surface area (Å²) in [5, 5.41) is 8.31. The van der Waals surface area contributed by atoms with E-state index < -0.39 is 6.04 Å². The van der Waals surface area contributed by atoms with E-state index in [4.69, 9.17) is 11.0 Å². The van der Waals surface area contributed by atoms with Crippen molar-refractivity contribution in [1.29, 1.82) is 5.26 Å². The van der Waals surface area contributed by atoms with Crippen LogP contribution in [0.4, 0.5) is 0 Å². The Balaban J connectivity index is 3.24.